The first-order valence-electron chi connectivity index (χ1n) is 8.75. The first kappa shape index (κ1) is 19.8. The van der Waals surface area contributed by atoms with Gasteiger partial charge in [0, 0.05) is 0 Å². The number of phenolic OH excluding ortho intramolecular Hbond substituents is 1. The maximum Gasteiger partial charge on any atom is 0.115 e. The van der Waals surface area contributed by atoms with Crippen LogP contribution >= 0.6 is 0 Å². The molecular formula is C20H24O7. The van der Waals surface area contributed by atoms with Crippen molar-refractivity contribution < 1.29 is 35.4 Å². The van der Waals surface area contributed by atoms with E-state index < -0.39 is 37.1 Å². The molecule has 3 rings (SSSR count). The Bertz CT molecular complexity index is 759. The number of aliphatic hydroxyl groups is 5. The molecule has 0 unspecified atom stereocenters. The summed E-state index contributed by atoms with van der Waals surface area (Å²) in [5, 5.41) is 58.8. The van der Waals surface area contributed by atoms with Gasteiger partial charge in [-0.25, -0.2) is 0 Å². The van der Waals surface area contributed by atoms with Crippen LogP contribution in [0, 0.1) is 0 Å². The van der Waals surface area contributed by atoms with Crippen LogP contribution in [-0.4, -0.2) is 61.7 Å². The van der Waals surface area contributed by atoms with E-state index in [1.807, 2.05) is 6.07 Å². The zero-order valence-electron chi connectivity index (χ0n) is 14.6. The van der Waals surface area contributed by atoms with Crippen LogP contribution in [0.4, 0.5) is 0 Å². The maximum atomic E-state index is 10.4. The molecule has 1 aliphatic rings. The maximum absolute atomic E-state index is 10.4. The lowest BCUT2D eigenvalue weighted by atomic mass is 9.88. The Balaban J connectivity index is 1.92. The minimum atomic E-state index is -1.48. The average molecular weight is 376 g/mol. The number of hydrogen-bond acceptors (Lipinski definition) is 7. The summed E-state index contributed by atoms with van der Waals surface area (Å²) in [5.41, 5.74) is 2.86. The molecule has 0 aromatic heterocycles. The van der Waals surface area contributed by atoms with Crippen LogP contribution in [0.25, 0.3) is 0 Å². The van der Waals surface area contributed by atoms with Crippen LogP contribution in [0.15, 0.2) is 42.5 Å². The van der Waals surface area contributed by atoms with Gasteiger partial charge in [-0.05, 0) is 40.8 Å². The minimum Gasteiger partial charge on any atom is -0.508 e. The Kier molecular flexibility index (Phi) is 6.11. The van der Waals surface area contributed by atoms with Gasteiger partial charge in [0.2, 0.25) is 0 Å². The molecule has 0 aliphatic carbocycles. The smallest absolute Gasteiger partial charge is 0.115 e. The third-order valence-corrected chi connectivity index (χ3v) is 4.92. The van der Waals surface area contributed by atoms with E-state index in [4.69, 9.17) is 4.74 Å². The second-order valence-electron chi connectivity index (χ2n) is 6.78. The Morgan fingerprint density at radius 2 is 1.48 bits per heavy atom. The van der Waals surface area contributed by atoms with Crippen LogP contribution in [0.2, 0.25) is 0 Å². The third kappa shape index (κ3) is 4.14. The van der Waals surface area contributed by atoms with Crippen molar-refractivity contribution >= 4 is 0 Å². The SMILES string of the molecule is OCc1ccc(Cc2ccc(O)cc2)cc1[C@@H]1O[C@H](CO)[C@@H](O)[C@H](O)[C@H]1O. The molecule has 5 atom stereocenters. The van der Waals surface area contributed by atoms with Crippen LogP contribution < -0.4 is 0 Å². The molecule has 7 heteroatoms. The molecule has 2 aromatic rings. The van der Waals surface area contributed by atoms with E-state index in [1.165, 1.54) is 0 Å². The van der Waals surface area contributed by atoms with E-state index in [2.05, 4.69) is 0 Å². The second-order valence-corrected chi connectivity index (χ2v) is 6.78. The molecule has 1 aliphatic heterocycles. The molecule has 0 bridgehead atoms. The highest BCUT2D eigenvalue weighted by Gasteiger charge is 2.44. The summed E-state index contributed by atoms with van der Waals surface area (Å²) >= 11 is 0. The van der Waals surface area contributed by atoms with Crippen LogP contribution in [0.3, 0.4) is 0 Å². The lowest BCUT2D eigenvalue weighted by molar-refractivity contribution is -0.232. The molecule has 1 fully saturated rings. The number of benzene rings is 2. The molecule has 0 amide bonds. The predicted molar refractivity (Wildman–Crippen MR) is 96.0 cm³/mol. The van der Waals surface area contributed by atoms with Gasteiger partial charge in [-0.1, -0.05) is 30.3 Å². The minimum absolute atomic E-state index is 0.177. The monoisotopic (exact) mass is 376 g/mol. The van der Waals surface area contributed by atoms with Crippen molar-refractivity contribution in [2.24, 2.45) is 0 Å². The van der Waals surface area contributed by atoms with Crippen molar-refractivity contribution in [3.63, 3.8) is 0 Å². The first-order valence-corrected chi connectivity index (χ1v) is 8.75. The van der Waals surface area contributed by atoms with Gasteiger partial charge in [0.25, 0.3) is 0 Å². The number of rotatable bonds is 5. The van der Waals surface area contributed by atoms with Crippen molar-refractivity contribution in [3.05, 3.63) is 64.7 Å². The summed E-state index contributed by atoms with van der Waals surface area (Å²) in [4.78, 5) is 0. The van der Waals surface area contributed by atoms with Crippen molar-refractivity contribution in [2.45, 2.75) is 43.5 Å². The van der Waals surface area contributed by atoms with Crippen LogP contribution in [-0.2, 0) is 17.8 Å². The molecule has 146 valence electrons. The van der Waals surface area contributed by atoms with Crippen molar-refractivity contribution in [1.82, 2.24) is 0 Å². The fourth-order valence-electron chi connectivity index (χ4n) is 3.37. The molecule has 7 nitrogen and oxygen atoms in total. The van der Waals surface area contributed by atoms with Crippen LogP contribution in [0.1, 0.15) is 28.4 Å². The van der Waals surface area contributed by atoms with Crippen molar-refractivity contribution in [1.29, 1.82) is 0 Å². The van der Waals surface area contributed by atoms with Gasteiger partial charge in [0.05, 0.1) is 13.2 Å². The number of phenols is 1. The topological polar surface area (TPSA) is 131 Å². The highest BCUT2D eigenvalue weighted by molar-refractivity contribution is 5.38. The lowest BCUT2D eigenvalue weighted by Crippen LogP contribution is -2.55. The number of aliphatic hydroxyl groups excluding tert-OH is 5. The Morgan fingerprint density at radius 1 is 0.815 bits per heavy atom. The van der Waals surface area contributed by atoms with Gasteiger partial charge in [0.15, 0.2) is 0 Å². The van der Waals surface area contributed by atoms with Gasteiger partial charge in [-0.2, -0.15) is 0 Å². The highest BCUT2D eigenvalue weighted by atomic mass is 16.5. The number of aromatic hydroxyl groups is 1. The highest BCUT2D eigenvalue weighted by Crippen LogP contribution is 2.35. The lowest BCUT2D eigenvalue weighted by Gasteiger charge is -2.40. The normalized spacial score (nSPS) is 28.3. The Hall–Kier alpha value is -2.00. The molecule has 6 N–H and O–H groups in total. The number of hydrogen-bond donors (Lipinski definition) is 6. The molecule has 0 spiro atoms. The van der Waals surface area contributed by atoms with Crippen molar-refractivity contribution in [2.75, 3.05) is 6.61 Å². The predicted octanol–water partition coefficient (Wildman–Crippen LogP) is -0.00980. The molecular weight excluding hydrogens is 352 g/mol. The van der Waals surface area contributed by atoms with Gasteiger partial charge in [0.1, 0.15) is 36.3 Å². The average Bonchev–Trinajstić information content (AvgIpc) is 2.68. The van der Waals surface area contributed by atoms with Gasteiger partial charge in [-0.3, -0.25) is 0 Å². The molecule has 0 saturated carbocycles. The van der Waals surface area contributed by atoms with Crippen LogP contribution in [0.5, 0.6) is 5.75 Å². The molecule has 1 saturated heterocycles. The Morgan fingerprint density at radius 3 is 2.11 bits per heavy atom. The van der Waals surface area contributed by atoms with E-state index >= 15 is 0 Å². The van der Waals surface area contributed by atoms with E-state index in [-0.39, 0.29) is 12.4 Å². The zero-order valence-corrected chi connectivity index (χ0v) is 14.6. The van der Waals surface area contributed by atoms with E-state index in [0.29, 0.717) is 17.5 Å². The van der Waals surface area contributed by atoms with Crippen molar-refractivity contribution in [3.8, 4) is 5.75 Å². The van der Waals surface area contributed by atoms with Gasteiger partial charge in [-0.15, -0.1) is 0 Å². The summed E-state index contributed by atoms with van der Waals surface area (Å²) in [6.45, 7) is -0.799. The second kappa shape index (κ2) is 8.35. The fraction of sp³-hybridized carbons (Fsp3) is 0.400. The van der Waals surface area contributed by atoms with E-state index in [9.17, 15) is 30.6 Å². The molecule has 1 heterocycles. The largest absolute Gasteiger partial charge is 0.508 e. The van der Waals surface area contributed by atoms with E-state index in [1.54, 1.807) is 36.4 Å². The molecule has 0 radical (unpaired) electrons. The quantitative estimate of drug-likeness (QED) is 0.433. The summed E-state index contributed by atoms with van der Waals surface area (Å²) in [6.07, 6.45) is -5.77. The standard InChI is InChI=1S/C20H24O7/c21-9-13-4-1-12(7-11-2-5-14(23)6-3-11)8-15(13)20-19(26)18(25)17(24)16(10-22)27-20/h1-6,8,16-26H,7,9-10H2/t16-,17-,18+,19-,20+/m1/s1. The van der Waals surface area contributed by atoms with Gasteiger partial charge >= 0.3 is 0 Å². The summed E-state index contributed by atoms with van der Waals surface area (Å²) in [5.74, 6) is 0.177. The van der Waals surface area contributed by atoms with Gasteiger partial charge < -0.3 is 35.4 Å². The summed E-state index contributed by atoms with van der Waals surface area (Å²) in [7, 11) is 0. The summed E-state index contributed by atoms with van der Waals surface area (Å²) < 4.78 is 5.63. The summed E-state index contributed by atoms with van der Waals surface area (Å²) in [6, 6.07) is 12.1. The van der Waals surface area contributed by atoms with E-state index in [0.717, 1.165) is 11.1 Å². The molecule has 2 aromatic carbocycles. The first-order chi connectivity index (χ1) is 12.9. The fourth-order valence-corrected chi connectivity index (χ4v) is 3.37. The zero-order chi connectivity index (χ0) is 19.6. The number of ether oxygens (including phenoxy) is 1. The Labute approximate surface area is 156 Å². The third-order valence-electron chi connectivity index (χ3n) is 4.92. The molecule has 27 heavy (non-hydrogen) atoms.